The van der Waals surface area contributed by atoms with Crippen LogP contribution in [-0.2, 0) is 29.0 Å². The van der Waals surface area contributed by atoms with Crippen molar-refractivity contribution in [2.24, 2.45) is 5.92 Å². The molecule has 1 unspecified atom stereocenters. The van der Waals surface area contributed by atoms with Crippen LogP contribution in [-0.4, -0.2) is 89.6 Å². The zero-order valence-electron chi connectivity index (χ0n) is 30.9. The summed E-state index contributed by atoms with van der Waals surface area (Å²) in [5.74, 6) is -0.440. The summed E-state index contributed by atoms with van der Waals surface area (Å²) in [6, 6.07) is -3.72. The van der Waals surface area contributed by atoms with Gasteiger partial charge in [-0.15, -0.1) is 12.3 Å². The highest BCUT2D eigenvalue weighted by molar-refractivity contribution is 7.92. The second-order valence-corrected chi connectivity index (χ2v) is 17.9. The number of hydrogen-bond donors (Lipinski definition) is 4. The van der Waals surface area contributed by atoms with Crippen LogP contribution in [0.5, 0.6) is 0 Å². The lowest BCUT2D eigenvalue weighted by atomic mass is 9.82. The number of rotatable bonds is 18. The van der Waals surface area contributed by atoms with Crippen LogP contribution in [0.3, 0.4) is 0 Å². The van der Waals surface area contributed by atoms with E-state index < -0.39 is 67.8 Å². The quantitative estimate of drug-likeness (QED) is 0.123. The van der Waals surface area contributed by atoms with Gasteiger partial charge < -0.3 is 26.2 Å². The number of carbonyl (C=O) groups is 5. The predicted octanol–water partition coefficient (Wildman–Crippen LogP) is 3.91. The molecular weight excluding hydrogens is 659 g/mol. The van der Waals surface area contributed by atoms with Crippen molar-refractivity contribution in [3.63, 3.8) is 0 Å². The topological polar surface area (TPSA) is 171 Å². The smallest absolute Gasteiger partial charge is 0.315 e. The summed E-state index contributed by atoms with van der Waals surface area (Å²) in [6.07, 6.45) is 16.1. The fraction of sp³-hybridized carbons (Fsp3) is 0.811. The van der Waals surface area contributed by atoms with Crippen molar-refractivity contribution < 1.29 is 32.4 Å². The molecule has 12 nitrogen and oxygen atoms in total. The van der Waals surface area contributed by atoms with Crippen molar-refractivity contribution in [2.75, 3.05) is 12.3 Å². The molecule has 3 saturated carbocycles. The van der Waals surface area contributed by atoms with E-state index in [0.717, 1.165) is 64.2 Å². The molecule has 3 rings (SSSR count). The van der Waals surface area contributed by atoms with Gasteiger partial charge in [-0.2, -0.15) is 0 Å². The second kappa shape index (κ2) is 18.4. The van der Waals surface area contributed by atoms with E-state index in [9.17, 15) is 32.4 Å². The molecule has 0 aliphatic heterocycles. The van der Waals surface area contributed by atoms with Crippen LogP contribution in [0.2, 0.25) is 0 Å². The molecule has 13 heteroatoms. The fourth-order valence-electron chi connectivity index (χ4n) is 7.07. The monoisotopic (exact) mass is 719 g/mol. The first-order valence-electron chi connectivity index (χ1n) is 18.8. The third-order valence-corrected chi connectivity index (χ3v) is 13.9. The van der Waals surface area contributed by atoms with Crippen LogP contribution in [0.25, 0.3) is 0 Å². The molecule has 0 radical (unpaired) electrons. The molecule has 0 bridgehead atoms. The van der Waals surface area contributed by atoms with Gasteiger partial charge >= 0.3 is 6.03 Å². The molecule has 0 spiro atoms. The van der Waals surface area contributed by atoms with Crippen molar-refractivity contribution in [1.82, 2.24) is 26.2 Å². The normalized spacial score (nSPS) is 19.9. The van der Waals surface area contributed by atoms with E-state index >= 15 is 0 Å². The minimum absolute atomic E-state index is 0.0333. The zero-order valence-corrected chi connectivity index (χ0v) is 31.7. The lowest BCUT2D eigenvalue weighted by molar-refractivity contribution is -0.144. The van der Waals surface area contributed by atoms with Crippen molar-refractivity contribution >= 4 is 39.4 Å². The Bertz CT molecular complexity index is 1360. The van der Waals surface area contributed by atoms with E-state index in [-0.39, 0.29) is 37.1 Å². The summed E-state index contributed by atoms with van der Waals surface area (Å²) in [4.78, 5) is 69.0. The number of Topliss-reactive ketones (excluding diaryl/α,β-unsaturated/α-hetero) is 1. The van der Waals surface area contributed by atoms with Gasteiger partial charge in [0.2, 0.25) is 17.6 Å². The molecule has 0 aromatic heterocycles. The number of terminal acetylenes is 1. The Hall–Kier alpha value is -3.14. The first kappa shape index (κ1) is 41.3. The van der Waals surface area contributed by atoms with E-state index in [1.807, 2.05) is 13.8 Å². The first-order valence-corrected chi connectivity index (χ1v) is 20.5. The third kappa shape index (κ3) is 11.2. The van der Waals surface area contributed by atoms with E-state index in [0.29, 0.717) is 25.7 Å². The SMILES string of the molecule is C#CCCC(NC(=O)[C@H](C)N(CCC)C(=O)[C@@H](NC(=O)NC1(CS(=O)(=O)C(C)(C)CC)CCCCC1)C1CCCCC1)C(=O)C(=O)NC1CC1. The average Bonchev–Trinajstić information content (AvgIpc) is 3.91. The Morgan fingerprint density at radius 1 is 0.940 bits per heavy atom. The van der Waals surface area contributed by atoms with Gasteiger partial charge in [-0.05, 0) is 84.5 Å². The summed E-state index contributed by atoms with van der Waals surface area (Å²) in [6.45, 7) is 8.95. The number of amides is 5. The van der Waals surface area contributed by atoms with Gasteiger partial charge in [0.1, 0.15) is 12.1 Å². The standard InChI is InChI=1S/C37H61N5O7S/c1-7-10-19-29(31(43)33(45)38-28-20-21-28)39-32(44)26(4)42(24-8-2)34(46)30(27-17-13-11-14-18-27)40-35(47)41-37(22-15-12-16-23-37)25-50(48,49)36(5,6)9-3/h1,26-30H,8-25H2,2-6H3,(H,38,45)(H,39,44)(H2,40,41,47)/t26-,29?,30-/m0/s1. The van der Waals surface area contributed by atoms with Crippen LogP contribution >= 0.6 is 0 Å². The third-order valence-electron chi connectivity index (χ3n) is 11.0. The molecule has 50 heavy (non-hydrogen) atoms. The van der Waals surface area contributed by atoms with Crippen molar-refractivity contribution in [1.29, 1.82) is 0 Å². The summed E-state index contributed by atoms with van der Waals surface area (Å²) in [7, 11) is -3.57. The maximum Gasteiger partial charge on any atom is 0.315 e. The maximum atomic E-state index is 14.5. The van der Waals surface area contributed by atoms with Crippen LogP contribution < -0.4 is 21.3 Å². The van der Waals surface area contributed by atoms with E-state index in [2.05, 4.69) is 27.2 Å². The summed E-state index contributed by atoms with van der Waals surface area (Å²) in [5.41, 5.74) is -0.949. The van der Waals surface area contributed by atoms with Crippen LogP contribution in [0.1, 0.15) is 137 Å². The Kier molecular flexibility index (Phi) is 15.2. The van der Waals surface area contributed by atoms with Crippen LogP contribution in [0.4, 0.5) is 4.79 Å². The highest BCUT2D eigenvalue weighted by Gasteiger charge is 2.45. The van der Waals surface area contributed by atoms with Crippen molar-refractivity contribution in [3.8, 4) is 12.3 Å². The summed E-state index contributed by atoms with van der Waals surface area (Å²) < 4.78 is 26.2. The Labute approximate surface area is 299 Å². The second-order valence-electron chi connectivity index (χ2n) is 15.3. The van der Waals surface area contributed by atoms with Crippen molar-refractivity contribution in [3.05, 3.63) is 0 Å². The lowest BCUT2D eigenvalue weighted by Crippen LogP contribution is -2.63. The maximum absolute atomic E-state index is 14.5. The van der Waals surface area contributed by atoms with Gasteiger partial charge in [0, 0.05) is 19.0 Å². The number of ketones is 1. The minimum atomic E-state index is -3.57. The highest BCUT2D eigenvalue weighted by Crippen LogP contribution is 2.34. The summed E-state index contributed by atoms with van der Waals surface area (Å²) >= 11 is 0. The van der Waals surface area contributed by atoms with Gasteiger partial charge in [-0.1, -0.05) is 52.4 Å². The Morgan fingerprint density at radius 2 is 1.56 bits per heavy atom. The van der Waals surface area contributed by atoms with Gasteiger partial charge in [0.05, 0.1) is 22.1 Å². The molecule has 4 N–H and O–H groups in total. The number of nitrogens with one attached hydrogen (secondary N) is 4. The minimum Gasteiger partial charge on any atom is -0.347 e. The van der Waals surface area contributed by atoms with Gasteiger partial charge in [0.25, 0.3) is 5.91 Å². The number of sulfone groups is 1. The molecule has 5 amide bonds. The number of carbonyl (C=O) groups excluding carboxylic acids is 5. The Balaban J connectivity index is 1.83. The van der Waals surface area contributed by atoms with Gasteiger partial charge in [-0.25, -0.2) is 13.2 Å². The molecule has 0 aromatic rings. The fourth-order valence-corrected chi connectivity index (χ4v) is 8.99. The zero-order chi connectivity index (χ0) is 37.1. The number of hydrogen-bond acceptors (Lipinski definition) is 7. The molecule has 3 atom stereocenters. The molecule has 3 aliphatic rings. The van der Waals surface area contributed by atoms with Gasteiger partial charge in [0.15, 0.2) is 9.84 Å². The molecule has 3 fully saturated rings. The Morgan fingerprint density at radius 3 is 2.12 bits per heavy atom. The van der Waals surface area contributed by atoms with Crippen molar-refractivity contribution in [2.45, 2.75) is 172 Å². The van der Waals surface area contributed by atoms with Gasteiger partial charge in [-0.3, -0.25) is 19.2 Å². The van der Waals surface area contributed by atoms with E-state index in [4.69, 9.17) is 6.42 Å². The molecule has 282 valence electrons. The largest absolute Gasteiger partial charge is 0.347 e. The van der Waals surface area contributed by atoms with Crippen LogP contribution in [0, 0.1) is 18.3 Å². The number of urea groups is 1. The molecule has 3 aliphatic carbocycles. The molecule has 0 saturated heterocycles. The average molecular weight is 720 g/mol. The summed E-state index contributed by atoms with van der Waals surface area (Å²) in [5, 5.41) is 11.4. The highest BCUT2D eigenvalue weighted by atomic mass is 32.2. The van der Waals surface area contributed by atoms with E-state index in [1.165, 1.54) is 4.90 Å². The van der Waals surface area contributed by atoms with Crippen LogP contribution in [0.15, 0.2) is 0 Å². The predicted molar refractivity (Wildman–Crippen MR) is 194 cm³/mol. The first-order chi connectivity index (χ1) is 23.6. The molecular formula is C37H61N5O7S. The molecule has 0 aromatic carbocycles. The van der Waals surface area contributed by atoms with E-state index in [1.54, 1.807) is 20.8 Å². The number of nitrogens with zero attached hydrogens (tertiary/aromatic N) is 1. The lowest BCUT2D eigenvalue weighted by Gasteiger charge is -2.41. The molecule has 0 heterocycles.